The third-order valence-corrected chi connectivity index (χ3v) is 5.41. The Morgan fingerprint density at radius 3 is 2.60 bits per heavy atom. The third kappa shape index (κ3) is 4.29. The fourth-order valence-electron chi connectivity index (χ4n) is 2.84. The number of fused-ring (bicyclic) bond motifs is 1. The molecule has 9 heteroatoms. The van der Waals surface area contributed by atoms with Gasteiger partial charge in [-0.15, -0.1) is 0 Å². The number of nitrogens with zero attached hydrogens (tertiary/aromatic N) is 1. The summed E-state index contributed by atoms with van der Waals surface area (Å²) in [5.41, 5.74) is 1.09. The number of hydrogen-bond acceptors (Lipinski definition) is 6. The molecular weight excluding hydrogens is 428 g/mol. The zero-order valence-electron chi connectivity index (χ0n) is 15.3. The second-order valence-electron chi connectivity index (χ2n) is 6.37. The van der Waals surface area contributed by atoms with Gasteiger partial charge in [0.15, 0.2) is 0 Å². The second kappa shape index (κ2) is 8.17. The average molecular weight is 441 g/mol. The smallest absolute Gasteiger partial charge is 0.336 e. The normalized spacial score (nSPS) is 15.2. The molecule has 30 heavy (non-hydrogen) atoms. The standard InChI is InChI=1S/C21H13ClN2O5S/c22-14-4-1-12(2-5-14)9-17-20(27)24(21(28)30-17)11-18(25)23-15-6-7-16-13(10-15)3-8-19(26)29-16/h1-10H,11H2,(H,23,25). The van der Waals surface area contributed by atoms with E-state index in [9.17, 15) is 19.2 Å². The van der Waals surface area contributed by atoms with Gasteiger partial charge < -0.3 is 9.73 Å². The number of rotatable bonds is 4. The Morgan fingerprint density at radius 1 is 1.07 bits per heavy atom. The van der Waals surface area contributed by atoms with Crippen molar-refractivity contribution in [2.45, 2.75) is 0 Å². The van der Waals surface area contributed by atoms with Crippen LogP contribution in [0.25, 0.3) is 17.0 Å². The van der Waals surface area contributed by atoms with Crippen molar-refractivity contribution in [2.75, 3.05) is 11.9 Å². The number of nitrogens with one attached hydrogen (secondary N) is 1. The Labute approximate surface area is 179 Å². The van der Waals surface area contributed by atoms with Gasteiger partial charge in [0.1, 0.15) is 12.1 Å². The van der Waals surface area contributed by atoms with Crippen molar-refractivity contribution in [3.63, 3.8) is 0 Å². The van der Waals surface area contributed by atoms with Gasteiger partial charge >= 0.3 is 5.63 Å². The van der Waals surface area contributed by atoms with E-state index in [-0.39, 0.29) is 4.91 Å². The largest absolute Gasteiger partial charge is 0.423 e. The van der Waals surface area contributed by atoms with Crippen molar-refractivity contribution in [2.24, 2.45) is 0 Å². The molecule has 0 bridgehead atoms. The van der Waals surface area contributed by atoms with Crippen molar-refractivity contribution >= 4 is 63.1 Å². The summed E-state index contributed by atoms with van der Waals surface area (Å²) in [6.07, 6.45) is 1.58. The zero-order valence-corrected chi connectivity index (χ0v) is 16.8. The Hall–Kier alpha value is -3.36. The lowest BCUT2D eigenvalue weighted by atomic mass is 10.2. The highest BCUT2D eigenvalue weighted by Crippen LogP contribution is 2.32. The van der Waals surface area contributed by atoms with E-state index < -0.39 is 29.2 Å². The summed E-state index contributed by atoms with van der Waals surface area (Å²) in [4.78, 5) is 49.5. The summed E-state index contributed by atoms with van der Waals surface area (Å²) in [5.74, 6) is -1.06. The minimum atomic E-state index is -0.532. The quantitative estimate of drug-likeness (QED) is 0.484. The van der Waals surface area contributed by atoms with Crippen LogP contribution in [-0.4, -0.2) is 28.5 Å². The van der Waals surface area contributed by atoms with Crippen LogP contribution in [0.4, 0.5) is 10.5 Å². The van der Waals surface area contributed by atoms with Crippen molar-refractivity contribution in [3.8, 4) is 0 Å². The molecule has 1 aliphatic heterocycles. The lowest BCUT2D eigenvalue weighted by Gasteiger charge is -2.12. The van der Waals surface area contributed by atoms with Gasteiger partial charge in [-0.1, -0.05) is 23.7 Å². The fourth-order valence-corrected chi connectivity index (χ4v) is 3.80. The first kappa shape index (κ1) is 19.9. The van der Waals surface area contributed by atoms with Crippen molar-refractivity contribution in [3.05, 3.63) is 80.5 Å². The molecular formula is C21H13ClN2O5S. The Balaban J connectivity index is 1.45. The van der Waals surface area contributed by atoms with E-state index in [2.05, 4.69) is 5.32 Å². The molecule has 4 rings (SSSR count). The van der Waals surface area contributed by atoms with E-state index in [0.717, 1.165) is 22.2 Å². The molecule has 150 valence electrons. The van der Waals surface area contributed by atoms with Crippen molar-refractivity contribution < 1.29 is 18.8 Å². The average Bonchev–Trinajstić information content (AvgIpc) is 2.97. The zero-order chi connectivity index (χ0) is 21.3. The van der Waals surface area contributed by atoms with Crippen LogP contribution < -0.4 is 10.9 Å². The number of carbonyl (C=O) groups excluding carboxylic acids is 3. The number of thioether (sulfide) groups is 1. The van der Waals surface area contributed by atoms with Gasteiger partial charge in [-0.3, -0.25) is 19.3 Å². The summed E-state index contributed by atoms with van der Waals surface area (Å²) in [5, 5.41) is 3.31. The van der Waals surface area contributed by atoms with Gasteiger partial charge in [-0.25, -0.2) is 4.79 Å². The summed E-state index contributed by atoms with van der Waals surface area (Å²) in [6.45, 7) is -0.412. The van der Waals surface area contributed by atoms with Crippen LogP contribution >= 0.6 is 23.4 Å². The summed E-state index contributed by atoms with van der Waals surface area (Å²) in [7, 11) is 0. The number of benzene rings is 2. The lowest BCUT2D eigenvalue weighted by Crippen LogP contribution is -2.36. The number of anilines is 1. The van der Waals surface area contributed by atoms with Gasteiger partial charge in [0.25, 0.3) is 11.1 Å². The van der Waals surface area contributed by atoms with Gasteiger partial charge in [-0.05, 0) is 59.8 Å². The molecule has 2 aromatic carbocycles. The minimum absolute atomic E-state index is 0.232. The molecule has 0 spiro atoms. The van der Waals surface area contributed by atoms with Crippen LogP contribution in [0, 0.1) is 0 Å². The van der Waals surface area contributed by atoms with E-state index in [0.29, 0.717) is 21.7 Å². The van der Waals surface area contributed by atoms with Crippen LogP contribution in [0.1, 0.15) is 5.56 Å². The predicted molar refractivity (Wildman–Crippen MR) is 115 cm³/mol. The van der Waals surface area contributed by atoms with Crippen LogP contribution in [-0.2, 0) is 9.59 Å². The molecule has 0 aliphatic carbocycles. The van der Waals surface area contributed by atoms with E-state index in [4.69, 9.17) is 16.0 Å². The SMILES string of the molecule is O=C(CN1C(=O)SC(=Cc2ccc(Cl)cc2)C1=O)Nc1ccc2oc(=O)ccc2c1. The molecule has 1 fully saturated rings. The van der Waals surface area contributed by atoms with Gasteiger partial charge in [0, 0.05) is 22.2 Å². The van der Waals surface area contributed by atoms with E-state index in [1.54, 1.807) is 54.6 Å². The molecule has 0 radical (unpaired) electrons. The predicted octanol–water partition coefficient (Wildman–Crippen LogP) is 4.12. The first-order chi connectivity index (χ1) is 14.4. The maximum atomic E-state index is 12.5. The molecule has 0 atom stereocenters. The molecule has 0 saturated carbocycles. The van der Waals surface area contributed by atoms with Crippen molar-refractivity contribution in [1.82, 2.24) is 4.90 Å². The Morgan fingerprint density at radius 2 is 1.83 bits per heavy atom. The number of halogens is 1. The highest BCUT2D eigenvalue weighted by molar-refractivity contribution is 8.18. The molecule has 3 amide bonds. The summed E-state index contributed by atoms with van der Waals surface area (Å²) >= 11 is 6.62. The number of hydrogen-bond donors (Lipinski definition) is 1. The maximum absolute atomic E-state index is 12.5. The first-order valence-corrected chi connectivity index (χ1v) is 9.93. The number of imide groups is 1. The van der Waals surface area contributed by atoms with E-state index in [1.807, 2.05) is 0 Å². The van der Waals surface area contributed by atoms with Crippen LogP contribution in [0.5, 0.6) is 0 Å². The highest BCUT2D eigenvalue weighted by atomic mass is 35.5. The maximum Gasteiger partial charge on any atom is 0.336 e. The molecule has 1 saturated heterocycles. The van der Waals surface area contributed by atoms with Crippen LogP contribution in [0.15, 0.2) is 68.7 Å². The summed E-state index contributed by atoms with van der Waals surface area (Å²) in [6, 6.07) is 14.4. The van der Waals surface area contributed by atoms with Crippen molar-refractivity contribution in [1.29, 1.82) is 0 Å². The molecule has 1 N–H and O–H groups in total. The van der Waals surface area contributed by atoms with Crippen LogP contribution in [0.3, 0.4) is 0 Å². The monoisotopic (exact) mass is 440 g/mol. The van der Waals surface area contributed by atoms with E-state index >= 15 is 0 Å². The van der Waals surface area contributed by atoms with Gasteiger partial charge in [0.2, 0.25) is 5.91 Å². The lowest BCUT2D eigenvalue weighted by molar-refractivity contribution is -0.127. The fraction of sp³-hybridized carbons (Fsp3) is 0.0476. The second-order valence-corrected chi connectivity index (χ2v) is 7.80. The Kier molecular flexibility index (Phi) is 5.43. The van der Waals surface area contributed by atoms with Crippen LogP contribution in [0.2, 0.25) is 5.02 Å². The number of carbonyl (C=O) groups is 3. The highest BCUT2D eigenvalue weighted by Gasteiger charge is 2.36. The van der Waals surface area contributed by atoms with Gasteiger partial charge in [0.05, 0.1) is 4.91 Å². The molecule has 1 aliphatic rings. The molecule has 0 unspecified atom stereocenters. The first-order valence-electron chi connectivity index (χ1n) is 8.74. The summed E-state index contributed by atoms with van der Waals surface area (Å²) < 4.78 is 5.04. The topological polar surface area (TPSA) is 96.7 Å². The number of amides is 3. The molecule has 1 aromatic heterocycles. The molecule has 7 nitrogen and oxygen atoms in total. The Bertz CT molecular complexity index is 1270. The molecule has 3 aromatic rings. The molecule has 2 heterocycles. The van der Waals surface area contributed by atoms with E-state index in [1.165, 1.54) is 6.07 Å². The minimum Gasteiger partial charge on any atom is -0.423 e. The third-order valence-electron chi connectivity index (χ3n) is 4.25. The van der Waals surface area contributed by atoms with Gasteiger partial charge in [-0.2, -0.15) is 0 Å².